The van der Waals surface area contributed by atoms with E-state index in [-0.39, 0.29) is 11.2 Å². The number of hydrazine groups is 1. The van der Waals surface area contributed by atoms with E-state index in [2.05, 4.69) is 24.9 Å². The molecule has 1 aromatic rings. The zero-order chi connectivity index (χ0) is 23.0. The van der Waals surface area contributed by atoms with Gasteiger partial charge in [0.25, 0.3) is 0 Å². The van der Waals surface area contributed by atoms with Crippen LogP contribution in [0.25, 0.3) is 0 Å². The minimum absolute atomic E-state index is 0.0321. The number of Topliss-reactive ketones (excluding diaryl/α,β-unsaturated/α-hetero) is 1. The topological polar surface area (TPSA) is 101 Å². The molecule has 1 saturated heterocycles. The van der Waals surface area contributed by atoms with Crippen LogP contribution in [0.1, 0.15) is 38.2 Å². The molecule has 1 aromatic carbocycles. The fourth-order valence-electron chi connectivity index (χ4n) is 5.02. The first kappa shape index (κ1) is 22.2. The van der Waals surface area contributed by atoms with Crippen molar-refractivity contribution in [3.05, 3.63) is 46.4 Å². The van der Waals surface area contributed by atoms with E-state index in [0.717, 1.165) is 5.70 Å². The van der Waals surface area contributed by atoms with Gasteiger partial charge in [-0.05, 0) is 17.9 Å². The number of ether oxygens (including phenoxy) is 3. The monoisotopic (exact) mass is 438 g/mol. The second-order valence-electron chi connectivity index (χ2n) is 9.11. The fourth-order valence-corrected chi connectivity index (χ4v) is 5.02. The molecule has 3 aliphatic rings. The Morgan fingerprint density at radius 2 is 1.91 bits per heavy atom. The molecule has 1 atom stereocenters. The molecule has 8 heteroatoms. The van der Waals surface area contributed by atoms with Crippen LogP contribution in [0.15, 0.2) is 40.9 Å². The lowest BCUT2D eigenvalue weighted by atomic mass is 9.69. The quantitative estimate of drug-likeness (QED) is 0.766. The zero-order valence-corrected chi connectivity index (χ0v) is 19.1. The van der Waals surface area contributed by atoms with Crippen molar-refractivity contribution in [2.75, 3.05) is 40.5 Å². The zero-order valence-electron chi connectivity index (χ0n) is 19.1. The van der Waals surface area contributed by atoms with Crippen molar-refractivity contribution >= 4 is 5.78 Å². The molecule has 1 unspecified atom stereocenters. The second kappa shape index (κ2) is 8.49. The van der Waals surface area contributed by atoms with Gasteiger partial charge in [-0.25, -0.2) is 5.01 Å². The molecule has 2 N–H and O–H groups in total. The van der Waals surface area contributed by atoms with Crippen LogP contribution in [-0.2, 0) is 9.53 Å². The van der Waals surface area contributed by atoms with E-state index in [0.29, 0.717) is 73.2 Å². The SMILES string of the molecule is COc1cccc(C2C(C#N)=C(N)N(N3CCOCC3)C3=C2C(=O)CC(C)(C)C3)c1OC. The van der Waals surface area contributed by atoms with E-state index in [1.807, 2.05) is 17.1 Å². The van der Waals surface area contributed by atoms with Gasteiger partial charge in [0.2, 0.25) is 0 Å². The number of benzene rings is 1. The minimum atomic E-state index is -0.610. The van der Waals surface area contributed by atoms with Crippen LogP contribution in [0.4, 0.5) is 0 Å². The normalized spacial score (nSPS) is 23.7. The molecular formula is C24H30N4O4. The van der Waals surface area contributed by atoms with Crippen molar-refractivity contribution in [3.63, 3.8) is 0 Å². The summed E-state index contributed by atoms with van der Waals surface area (Å²) in [6, 6.07) is 7.82. The summed E-state index contributed by atoms with van der Waals surface area (Å²) in [5.74, 6) is 0.825. The number of hydrogen-bond donors (Lipinski definition) is 1. The third-order valence-electron chi connectivity index (χ3n) is 6.37. The smallest absolute Gasteiger partial charge is 0.164 e. The van der Waals surface area contributed by atoms with Crippen molar-refractivity contribution in [3.8, 4) is 17.6 Å². The maximum Gasteiger partial charge on any atom is 0.164 e. The highest BCUT2D eigenvalue weighted by Gasteiger charge is 2.46. The van der Waals surface area contributed by atoms with Crippen LogP contribution >= 0.6 is 0 Å². The van der Waals surface area contributed by atoms with Gasteiger partial charge in [0.05, 0.1) is 45.0 Å². The molecular weight excluding hydrogens is 408 g/mol. The van der Waals surface area contributed by atoms with Crippen molar-refractivity contribution in [2.24, 2.45) is 11.1 Å². The number of allylic oxidation sites excluding steroid dienone is 3. The molecule has 0 spiro atoms. The predicted molar refractivity (Wildman–Crippen MR) is 118 cm³/mol. The van der Waals surface area contributed by atoms with Gasteiger partial charge in [-0.2, -0.15) is 5.26 Å². The molecule has 4 rings (SSSR count). The van der Waals surface area contributed by atoms with Crippen LogP contribution in [0, 0.1) is 16.7 Å². The summed E-state index contributed by atoms with van der Waals surface area (Å²) in [5.41, 5.74) is 8.99. The van der Waals surface area contributed by atoms with Gasteiger partial charge >= 0.3 is 0 Å². The van der Waals surface area contributed by atoms with Crippen LogP contribution in [-0.4, -0.2) is 56.3 Å². The van der Waals surface area contributed by atoms with Crippen LogP contribution in [0.5, 0.6) is 11.5 Å². The van der Waals surface area contributed by atoms with Crippen LogP contribution < -0.4 is 15.2 Å². The van der Waals surface area contributed by atoms with Crippen LogP contribution in [0.2, 0.25) is 0 Å². The van der Waals surface area contributed by atoms with Gasteiger partial charge in [-0.15, -0.1) is 0 Å². The van der Waals surface area contributed by atoms with E-state index in [4.69, 9.17) is 19.9 Å². The number of nitrogens with two attached hydrogens (primary N) is 1. The second-order valence-corrected chi connectivity index (χ2v) is 9.11. The maximum absolute atomic E-state index is 13.6. The highest BCUT2D eigenvalue weighted by atomic mass is 16.5. The minimum Gasteiger partial charge on any atom is -0.493 e. The number of para-hydroxylation sites is 1. The van der Waals surface area contributed by atoms with Crippen molar-refractivity contribution in [1.29, 1.82) is 5.26 Å². The van der Waals surface area contributed by atoms with Gasteiger partial charge in [0, 0.05) is 36.3 Å². The summed E-state index contributed by atoms with van der Waals surface area (Å²) >= 11 is 0. The molecule has 170 valence electrons. The summed E-state index contributed by atoms with van der Waals surface area (Å²) in [6.45, 7) is 6.59. The van der Waals surface area contributed by atoms with Crippen molar-refractivity contribution in [2.45, 2.75) is 32.6 Å². The van der Waals surface area contributed by atoms with E-state index in [1.54, 1.807) is 20.3 Å². The summed E-state index contributed by atoms with van der Waals surface area (Å²) < 4.78 is 16.7. The Bertz CT molecular complexity index is 1030. The lowest BCUT2D eigenvalue weighted by molar-refractivity contribution is -0.119. The number of morpholine rings is 1. The molecule has 8 nitrogen and oxygen atoms in total. The Labute approximate surface area is 188 Å². The van der Waals surface area contributed by atoms with Gasteiger partial charge in [0.15, 0.2) is 17.3 Å². The summed E-state index contributed by atoms with van der Waals surface area (Å²) in [4.78, 5) is 13.6. The summed E-state index contributed by atoms with van der Waals surface area (Å²) in [6.07, 6.45) is 1.08. The molecule has 0 saturated carbocycles. The number of carbonyl (C=O) groups is 1. The molecule has 2 aliphatic heterocycles. The summed E-state index contributed by atoms with van der Waals surface area (Å²) in [5, 5.41) is 14.2. The number of nitrogens with zero attached hydrogens (tertiary/aromatic N) is 3. The molecule has 0 amide bonds. The molecule has 0 aromatic heterocycles. The number of hydrogen-bond acceptors (Lipinski definition) is 8. The summed E-state index contributed by atoms with van der Waals surface area (Å²) in [7, 11) is 3.13. The van der Waals surface area contributed by atoms with Gasteiger partial charge in [-0.3, -0.25) is 9.80 Å². The van der Waals surface area contributed by atoms with Gasteiger partial charge in [0.1, 0.15) is 5.82 Å². The lowest BCUT2D eigenvalue weighted by Crippen LogP contribution is -2.53. The number of ketones is 1. The lowest BCUT2D eigenvalue weighted by Gasteiger charge is -2.48. The standard InChI is InChI=1S/C24H30N4O4/c1-24(2)12-17-21(18(29)13-24)20(15-6-5-7-19(30-3)22(15)31-4)16(14-25)23(26)28(17)27-8-10-32-11-9-27/h5-7,20H,8-13,26H2,1-4H3. The average molecular weight is 439 g/mol. The number of carbonyl (C=O) groups excluding carboxylic acids is 1. The highest BCUT2D eigenvalue weighted by molar-refractivity contribution is 6.00. The van der Waals surface area contributed by atoms with Gasteiger partial charge < -0.3 is 19.9 Å². The largest absolute Gasteiger partial charge is 0.493 e. The van der Waals surface area contributed by atoms with E-state index >= 15 is 0 Å². The highest BCUT2D eigenvalue weighted by Crippen LogP contribution is 2.52. The maximum atomic E-state index is 13.6. The molecule has 0 bridgehead atoms. The molecule has 2 heterocycles. The number of nitriles is 1. The van der Waals surface area contributed by atoms with E-state index in [1.165, 1.54) is 0 Å². The van der Waals surface area contributed by atoms with E-state index < -0.39 is 5.92 Å². The number of methoxy groups -OCH3 is 2. The fraction of sp³-hybridized carbons (Fsp3) is 0.500. The Hall–Kier alpha value is -3.02. The third-order valence-corrected chi connectivity index (χ3v) is 6.37. The van der Waals surface area contributed by atoms with E-state index in [9.17, 15) is 10.1 Å². The first-order valence-electron chi connectivity index (χ1n) is 10.8. The average Bonchev–Trinajstić information content (AvgIpc) is 2.77. The van der Waals surface area contributed by atoms with Crippen molar-refractivity contribution in [1.82, 2.24) is 10.0 Å². The number of rotatable bonds is 4. The molecule has 1 fully saturated rings. The Balaban J connectivity index is 1.97. The molecule has 32 heavy (non-hydrogen) atoms. The Morgan fingerprint density at radius 1 is 1.19 bits per heavy atom. The van der Waals surface area contributed by atoms with Crippen LogP contribution in [0.3, 0.4) is 0 Å². The van der Waals surface area contributed by atoms with Crippen molar-refractivity contribution < 1.29 is 19.0 Å². The molecule has 1 aliphatic carbocycles. The third kappa shape index (κ3) is 3.61. The predicted octanol–water partition coefficient (Wildman–Crippen LogP) is 2.69. The van der Waals surface area contributed by atoms with Gasteiger partial charge in [-0.1, -0.05) is 26.0 Å². The Morgan fingerprint density at radius 3 is 2.53 bits per heavy atom. The first-order valence-corrected chi connectivity index (χ1v) is 10.8. The first-order chi connectivity index (χ1) is 15.3. The molecule has 0 radical (unpaired) electrons. The Kier molecular flexibility index (Phi) is 5.89.